The van der Waals surface area contributed by atoms with Crippen molar-refractivity contribution in [3.63, 3.8) is 0 Å². The average molecular weight is 806 g/mol. The van der Waals surface area contributed by atoms with Crippen LogP contribution in [0, 0.1) is 0 Å². The van der Waals surface area contributed by atoms with Gasteiger partial charge in [-0.3, -0.25) is 0 Å². The highest BCUT2D eigenvalue weighted by atomic mass is 13.4. The van der Waals surface area contributed by atoms with Crippen LogP contribution in [0.15, 0.2) is 0 Å². The normalized spacial score (nSPS) is 4.00. The fraction of sp³-hybridized carbons (Fsp3) is 1.00. The molecule has 372 valence electrons. The molecule has 0 aromatic rings. The van der Waals surface area contributed by atoms with Crippen molar-refractivity contribution in [3.8, 4) is 0 Å². The highest BCUT2D eigenvalue weighted by Gasteiger charge is 1.37. The molecule has 0 saturated heterocycles. The Hall–Kier alpha value is 0. The quantitative estimate of drug-likeness (QED) is 0.229. The summed E-state index contributed by atoms with van der Waals surface area (Å²) in [6, 6.07) is 0. The van der Waals surface area contributed by atoms with Crippen LogP contribution in [-0.4, -0.2) is 0 Å². The maximum Gasteiger partial charge on any atom is -0.0590 e. The molecule has 0 aliphatic rings. The third-order valence-electron chi connectivity index (χ3n) is 0. The molecule has 0 aliphatic carbocycles. The first-order valence-corrected chi connectivity index (χ1v) is 26.5. The number of hydrogen-bond acceptors (Lipinski definition) is 0. The summed E-state index contributed by atoms with van der Waals surface area (Å²) in [5.74, 6) is 0. The zero-order chi connectivity index (χ0) is 52.2. The van der Waals surface area contributed by atoms with Gasteiger partial charge in [0.1, 0.15) is 0 Å². The second-order valence-electron chi connectivity index (χ2n) is 4.24. The molecule has 0 bridgehead atoms. The maximum absolute atomic E-state index is 2.12. The lowest BCUT2D eigenvalue weighted by Crippen LogP contribution is -1.27. The molecule has 0 rings (SSSR count). The Kier molecular flexibility index (Phi) is 12400. The van der Waals surface area contributed by atoms with Gasteiger partial charge in [-0.2, -0.15) is 0 Å². The smallest absolute Gasteiger partial charge is 0.0590 e. The number of hydrogen-bond donors (Lipinski definition) is 0. The fourth-order valence-corrected chi connectivity index (χ4v) is 0. The van der Waals surface area contributed by atoms with E-state index in [4.69, 9.17) is 0 Å². The molecular formula is C54H156. The van der Waals surface area contributed by atoms with E-state index in [1.807, 2.05) is 249 Å². The van der Waals surface area contributed by atoms with Crippen LogP contribution in [-0.2, 0) is 0 Å². The molecule has 0 saturated carbocycles. The number of rotatable bonds is 0. The van der Waals surface area contributed by atoms with Gasteiger partial charge >= 0.3 is 0 Å². The van der Waals surface area contributed by atoms with Crippen molar-refractivity contribution in [1.82, 2.24) is 0 Å². The molecule has 54 heavy (non-hydrogen) atoms. The van der Waals surface area contributed by atoms with E-state index < -0.39 is 0 Å². The third kappa shape index (κ3) is 0. The highest BCUT2D eigenvalue weighted by molar-refractivity contribution is 3.93. The van der Waals surface area contributed by atoms with E-state index in [0.29, 0.717) is 0 Å². The third-order valence-corrected chi connectivity index (χ3v) is 0. The predicted octanol–water partition coefficient (Wildman–Crippen LogP) is 27.0. The van der Waals surface area contributed by atoms with Crippen molar-refractivity contribution in [3.05, 3.63) is 0 Å². The lowest BCUT2D eigenvalue weighted by atomic mass is 10.6. The molecule has 0 N–H and O–H groups in total. The van der Waals surface area contributed by atoms with Gasteiger partial charge in [-0.25, -0.2) is 0 Å². The van der Waals surface area contributed by atoms with Gasteiger partial charge in [0, 0.05) is 0 Å². The van der Waals surface area contributed by atoms with Crippen LogP contribution < -0.4 is 0 Å². The fourth-order valence-electron chi connectivity index (χ4n) is 0. The minimum atomic E-state index is 1.25. The summed E-state index contributed by atoms with van der Waals surface area (Å²) in [6.07, 6.45) is 7.50. The Balaban J connectivity index is -0.00000000793. The van der Waals surface area contributed by atoms with E-state index in [9.17, 15) is 0 Å². The first-order valence-electron chi connectivity index (χ1n) is 26.5. The molecule has 0 amide bonds. The first kappa shape index (κ1) is 169. The maximum atomic E-state index is 2.12. The van der Waals surface area contributed by atoms with Crippen molar-refractivity contribution in [2.75, 3.05) is 0 Å². The van der Waals surface area contributed by atoms with Crippen LogP contribution in [0.1, 0.15) is 371 Å². The highest BCUT2D eigenvalue weighted by Crippen LogP contribution is 1.57. The summed E-state index contributed by atoms with van der Waals surface area (Å²) in [7, 11) is 0. The Morgan fingerprint density at radius 2 is 0.0926 bits per heavy atom. The second kappa shape index (κ2) is 3980. The van der Waals surface area contributed by atoms with E-state index in [-0.39, 0.29) is 0 Å². The van der Waals surface area contributed by atoms with Crippen LogP contribution in [0.25, 0.3) is 0 Å². The van der Waals surface area contributed by atoms with Gasteiger partial charge in [0.25, 0.3) is 0 Å². The van der Waals surface area contributed by atoms with Crippen LogP contribution >= 0.6 is 0 Å². The van der Waals surface area contributed by atoms with E-state index >= 15 is 0 Å². The summed E-state index contributed by atoms with van der Waals surface area (Å²) < 4.78 is 0. The predicted molar refractivity (Wildman–Crippen MR) is 300 cm³/mol. The molecule has 0 radical (unpaired) electrons. The SMILES string of the molecule is CC.CC.CC.CC.CC.CC.CC.CC.CC.CC.CC.CC.CC.CC.CC.CC.CC.CC.CCC.CCC.CCC.CCC.CCC.CCC. The van der Waals surface area contributed by atoms with Crippen molar-refractivity contribution >= 4 is 0 Å². The van der Waals surface area contributed by atoms with Crippen molar-refractivity contribution in [2.24, 2.45) is 0 Å². The van der Waals surface area contributed by atoms with E-state index in [0.717, 1.165) is 0 Å². The Morgan fingerprint density at radius 3 is 0.0926 bits per heavy atom. The summed E-state index contributed by atoms with van der Waals surface area (Å²) in [4.78, 5) is 0. The lowest BCUT2D eigenvalue weighted by Gasteiger charge is -1.48. The van der Waals surface area contributed by atoms with Crippen molar-refractivity contribution in [2.45, 2.75) is 371 Å². The summed E-state index contributed by atoms with van der Waals surface area (Å²) >= 11 is 0. The molecule has 0 aromatic carbocycles. The molecular weight excluding hydrogens is 649 g/mol. The van der Waals surface area contributed by atoms with Gasteiger partial charge in [-0.1, -0.05) is 371 Å². The summed E-state index contributed by atoms with van der Waals surface area (Å²) in [5, 5.41) is 0. The van der Waals surface area contributed by atoms with E-state index in [1.54, 1.807) is 0 Å². The molecule has 0 aliphatic heterocycles. The molecule has 0 heteroatoms. The lowest BCUT2D eigenvalue weighted by molar-refractivity contribution is 1.09. The average Bonchev–Trinajstić information content (AvgIpc) is 3.32. The van der Waals surface area contributed by atoms with Gasteiger partial charge in [-0.15, -0.1) is 0 Å². The van der Waals surface area contributed by atoms with Crippen LogP contribution in [0.4, 0.5) is 0 Å². The van der Waals surface area contributed by atoms with Crippen LogP contribution in [0.3, 0.4) is 0 Å². The Labute approximate surface area is 369 Å². The first-order chi connectivity index (χ1) is 26.5. The van der Waals surface area contributed by atoms with Gasteiger partial charge in [-0.05, 0) is 0 Å². The van der Waals surface area contributed by atoms with Gasteiger partial charge in [0.05, 0.1) is 0 Å². The summed E-state index contributed by atoms with van der Waals surface area (Å²) in [6.45, 7) is 97.5. The van der Waals surface area contributed by atoms with Gasteiger partial charge in [0.15, 0.2) is 0 Å². The standard InChI is InChI=1S/6C3H8.18C2H6/c6*1-3-2;18*1-2/h6*3H2,1-2H3;18*1-2H3. The van der Waals surface area contributed by atoms with Gasteiger partial charge < -0.3 is 0 Å². The molecule has 0 atom stereocenters. The molecule has 0 heterocycles. The van der Waals surface area contributed by atoms with Crippen LogP contribution in [0.2, 0.25) is 0 Å². The Morgan fingerprint density at radius 1 is 0.0926 bits per heavy atom. The van der Waals surface area contributed by atoms with Gasteiger partial charge in [0.2, 0.25) is 0 Å². The zero-order valence-corrected chi connectivity index (χ0v) is 52.2. The zero-order valence-electron chi connectivity index (χ0n) is 52.2. The Bertz CT molecular complexity index is 15.5. The topological polar surface area (TPSA) is 0 Å². The molecule has 0 fully saturated rings. The van der Waals surface area contributed by atoms with Crippen LogP contribution in [0.5, 0.6) is 0 Å². The molecule has 0 unspecified atom stereocenters. The minimum Gasteiger partial charge on any atom is -0.0683 e. The van der Waals surface area contributed by atoms with Crippen molar-refractivity contribution in [1.29, 1.82) is 0 Å². The molecule has 0 aromatic heterocycles. The van der Waals surface area contributed by atoms with Crippen molar-refractivity contribution < 1.29 is 0 Å². The summed E-state index contributed by atoms with van der Waals surface area (Å²) in [5.41, 5.74) is 0. The second-order valence-corrected chi connectivity index (χ2v) is 4.24. The molecule has 0 nitrogen and oxygen atoms in total. The minimum absolute atomic E-state index is 1.25. The monoisotopic (exact) mass is 805 g/mol. The van der Waals surface area contributed by atoms with E-state index in [2.05, 4.69) is 83.1 Å². The largest absolute Gasteiger partial charge is 0.0683 e. The molecule has 0 spiro atoms. The van der Waals surface area contributed by atoms with E-state index in [1.165, 1.54) is 38.5 Å².